The molecule has 18 heavy (non-hydrogen) atoms. The van der Waals surface area contributed by atoms with Crippen LogP contribution in [0.1, 0.15) is 18.4 Å². The Hall–Kier alpha value is -1.26. The fourth-order valence-electron chi connectivity index (χ4n) is 2.80. The van der Waals surface area contributed by atoms with E-state index in [0.29, 0.717) is 19.3 Å². The standard InChI is InChI=1S/C14H19NO3/c16-9-11-3-2-6-15(7-11)8-12-4-1-5-13-14(12)18-10-17-13/h1,4-5,11,16H,2-3,6-10H2/t11-/m1/s1. The van der Waals surface area contributed by atoms with Crippen LogP contribution in [0.5, 0.6) is 11.5 Å². The monoisotopic (exact) mass is 249 g/mol. The van der Waals surface area contributed by atoms with Gasteiger partial charge in [-0.15, -0.1) is 0 Å². The predicted molar refractivity (Wildman–Crippen MR) is 67.7 cm³/mol. The number of aliphatic hydroxyl groups excluding tert-OH is 1. The summed E-state index contributed by atoms with van der Waals surface area (Å²) in [6.07, 6.45) is 2.30. The summed E-state index contributed by atoms with van der Waals surface area (Å²) in [6, 6.07) is 6.05. The van der Waals surface area contributed by atoms with Crippen LogP contribution in [0.15, 0.2) is 18.2 Å². The Morgan fingerprint density at radius 2 is 2.28 bits per heavy atom. The molecule has 2 aliphatic heterocycles. The van der Waals surface area contributed by atoms with Crippen LogP contribution >= 0.6 is 0 Å². The highest BCUT2D eigenvalue weighted by molar-refractivity contribution is 5.48. The number of ether oxygens (including phenoxy) is 2. The van der Waals surface area contributed by atoms with Crippen molar-refractivity contribution in [3.8, 4) is 11.5 Å². The van der Waals surface area contributed by atoms with Gasteiger partial charge >= 0.3 is 0 Å². The van der Waals surface area contributed by atoms with Crippen LogP contribution in [0.25, 0.3) is 0 Å². The molecule has 0 aromatic heterocycles. The molecule has 0 spiro atoms. The SMILES string of the molecule is OC[C@@H]1CCCN(Cc2cccc3c2OCO3)C1. The summed E-state index contributed by atoms with van der Waals surface area (Å²) >= 11 is 0. The summed E-state index contributed by atoms with van der Waals surface area (Å²) in [5.74, 6) is 2.17. The van der Waals surface area contributed by atoms with Crippen LogP contribution in [0.4, 0.5) is 0 Å². The fraction of sp³-hybridized carbons (Fsp3) is 0.571. The summed E-state index contributed by atoms with van der Waals surface area (Å²) in [5, 5.41) is 9.26. The second kappa shape index (κ2) is 5.16. The number of aliphatic hydroxyl groups is 1. The van der Waals surface area contributed by atoms with E-state index in [1.54, 1.807) is 0 Å². The van der Waals surface area contributed by atoms with Gasteiger partial charge in [0.25, 0.3) is 0 Å². The lowest BCUT2D eigenvalue weighted by atomic mass is 9.98. The molecule has 0 bridgehead atoms. The van der Waals surface area contributed by atoms with Crippen molar-refractivity contribution in [2.24, 2.45) is 5.92 Å². The van der Waals surface area contributed by atoms with E-state index in [-0.39, 0.29) is 0 Å². The molecule has 1 saturated heterocycles. The van der Waals surface area contributed by atoms with Gasteiger partial charge in [0, 0.05) is 25.3 Å². The van der Waals surface area contributed by atoms with Gasteiger partial charge in [0.1, 0.15) is 0 Å². The molecule has 1 aromatic rings. The molecule has 98 valence electrons. The summed E-state index contributed by atoms with van der Waals surface area (Å²) in [5.41, 5.74) is 1.18. The van der Waals surface area contributed by atoms with Crippen molar-refractivity contribution < 1.29 is 14.6 Å². The molecule has 4 nitrogen and oxygen atoms in total. The van der Waals surface area contributed by atoms with Gasteiger partial charge in [0.15, 0.2) is 11.5 Å². The van der Waals surface area contributed by atoms with Gasteiger partial charge in [-0.05, 0) is 31.4 Å². The number of likely N-dealkylation sites (tertiary alicyclic amines) is 1. The minimum atomic E-state index is 0.295. The number of rotatable bonds is 3. The molecule has 0 amide bonds. The molecule has 1 fully saturated rings. The third-order valence-corrected chi connectivity index (χ3v) is 3.73. The minimum absolute atomic E-state index is 0.295. The molecule has 0 radical (unpaired) electrons. The van der Waals surface area contributed by atoms with E-state index < -0.39 is 0 Å². The Labute approximate surface area is 107 Å². The smallest absolute Gasteiger partial charge is 0.231 e. The highest BCUT2D eigenvalue weighted by atomic mass is 16.7. The van der Waals surface area contributed by atoms with E-state index in [1.807, 2.05) is 12.1 Å². The van der Waals surface area contributed by atoms with Gasteiger partial charge in [-0.3, -0.25) is 4.90 Å². The van der Waals surface area contributed by atoms with Gasteiger partial charge in [-0.25, -0.2) is 0 Å². The van der Waals surface area contributed by atoms with Gasteiger partial charge in [0.05, 0.1) is 0 Å². The highest BCUT2D eigenvalue weighted by Crippen LogP contribution is 2.36. The van der Waals surface area contributed by atoms with Gasteiger partial charge < -0.3 is 14.6 Å². The quantitative estimate of drug-likeness (QED) is 0.884. The van der Waals surface area contributed by atoms with Crippen molar-refractivity contribution in [1.29, 1.82) is 0 Å². The molecule has 3 rings (SSSR count). The maximum absolute atomic E-state index is 9.26. The lowest BCUT2D eigenvalue weighted by Gasteiger charge is -2.31. The molecule has 2 heterocycles. The van der Waals surface area contributed by atoms with E-state index in [1.165, 1.54) is 5.56 Å². The third-order valence-electron chi connectivity index (χ3n) is 3.73. The maximum atomic E-state index is 9.26. The van der Waals surface area contributed by atoms with E-state index in [4.69, 9.17) is 9.47 Å². The van der Waals surface area contributed by atoms with Gasteiger partial charge in [-0.1, -0.05) is 12.1 Å². The first kappa shape index (κ1) is 11.8. The Morgan fingerprint density at radius 3 is 3.17 bits per heavy atom. The van der Waals surface area contributed by atoms with Crippen LogP contribution in [-0.2, 0) is 6.54 Å². The number of para-hydroxylation sites is 1. The van der Waals surface area contributed by atoms with Crippen LogP contribution in [0.3, 0.4) is 0 Å². The zero-order valence-electron chi connectivity index (χ0n) is 10.5. The number of hydrogen-bond acceptors (Lipinski definition) is 4. The second-order valence-corrected chi connectivity index (χ2v) is 5.08. The summed E-state index contributed by atoms with van der Waals surface area (Å²) in [4.78, 5) is 2.39. The van der Waals surface area contributed by atoms with Gasteiger partial charge in [0.2, 0.25) is 6.79 Å². The van der Waals surface area contributed by atoms with E-state index in [0.717, 1.165) is 44.0 Å². The van der Waals surface area contributed by atoms with Crippen molar-refractivity contribution in [3.05, 3.63) is 23.8 Å². The lowest BCUT2D eigenvalue weighted by Crippen LogP contribution is -2.36. The van der Waals surface area contributed by atoms with Gasteiger partial charge in [-0.2, -0.15) is 0 Å². The number of fused-ring (bicyclic) bond motifs is 1. The Morgan fingerprint density at radius 1 is 1.33 bits per heavy atom. The van der Waals surface area contributed by atoms with Crippen molar-refractivity contribution in [3.63, 3.8) is 0 Å². The normalized spacial score (nSPS) is 23.3. The largest absolute Gasteiger partial charge is 0.454 e. The topological polar surface area (TPSA) is 41.9 Å². The lowest BCUT2D eigenvalue weighted by molar-refractivity contribution is 0.114. The first-order valence-electron chi connectivity index (χ1n) is 6.57. The van der Waals surface area contributed by atoms with Crippen LogP contribution in [0, 0.1) is 5.92 Å². The zero-order valence-corrected chi connectivity index (χ0v) is 10.5. The zero-order chi connectivity index (χ0) is 12.4. The Balaban J connectivity index is 1.71. The molecular weight excluding hydrogens is 230 g/mol. The summed E-state index contributed by atoms with van der Waals surface area (Å²) in [6.45, 7) is 3.57. The molecule has 0 aliphatic carbocycles. The number of piperidine rings is 1. The van der Waals surface area contributed by atoms with Crippen LogP contribution in [-0.4, -0.2) is 36.5 Å². The first-order chi connectivity index (χ1) is 8.86. The molecule has 2 aliphatic rings. The molecule has 4 heteroatoms. The Kier molecular flexibility index (Phi) is 3.39. The fourth-order valence-corrected chi connectivity index (χ4v) is 2.80. The predicted octanol–water partition coefficient (Wildman–Crippen LogP) is 1.62. The molecule has 0 unspecified atom stereocenters. The molecule has 1 atom stereocenters. The molecule has 0 saturated carbocycles. The molecule has 1 aromatic carbocycles. The number of hydrogen-bond donors (Lipinski definition) is 1. The first-order valence-corrected chi connectivity index (χ1v) is 6.57. The van der Waals surface area contributed by atoms with Crippen molar-refractivity contribution in [2.75, 3.05) is 26.5 Å². The van der Waals surface area contributed by atoms with Crippen molar-refractivity contribution in [2.45, 2.75) is 19.4 Å². The van der Waals surface area contributed by atoms with Crippen molar-refractivity contribution >= 4 is 0 Å². The average molecular weight is 249 g/mol. The minimum Gasteiger partial charge on any atom is -0.454 e. The number of nitrogens with zero attached hydrogens (tertiary/aromatic N) is 1. The average Bonchev–Trinajstić information content (AvgIpc) is 2.88. The second-order valence-electron chi connectivity index (χ2n) is 5.08. The Bertz CT molecular complexity index is 422. The van der Waals surface area contributed by atoms with Crippen LogP contribution in [0.2, 0.25) is 0 Å². The van der Waals surface area contributed by atoms with Crippen LogP contribution < -0.4 is 9.47 Å². The van der Waals surface area contributed by atoms with E-state index in [9.17, 15) is 5.11 Å². The summed E-state index contributed by atoms with van der Waals surface area (Å²) < 4.78 is 10.9. The highest BCUT2D eigenvalue weighted by Gasteiger charge is 2.22. The molecular formula is C14H19NO3. The number of benzene rings is 1. The van der Waals surface area contributed by atoms with E-state index >= 15 is 0 Å². The maximum Gasteiger partial charge on any atom is 0.231 e. The van der Waals surface area contributed by atoms with E-state index in [2.05, 4.69) is 11.0 Å². The summed E-state index contributed by atoms with van der Waals surface area (Å²) in [7, 11) is 0. The molecule has 1 N–H and O–H groups in total. The third kappa shape index (κ3) is 2.31. The van der Waals surface area contributed by atoms with Crippen molar-refractivity contribution in [1.82, 2.24) is 4.90 Å².